The molecule has 1 aromatic heterocycles. The van der Waals surface area contributed by atoms with Crippen molar-refractivity contribution in [1.29, 1.82) is 0 Å². The van der Waals surface area contributed by atoms with Crippen molar-refractivity contribution in [2.75, 3.05) is 15.5 Å². The molecule has 0 atom stereocenters. The van der Waals surface area contributed by atoms with Crippen molar-refractivity contribution in [3.05, 3.63) is 0 Å². The number of hydrogen-bond donors (Lipinski definition) is 1. The van der Waals surface area contributed by atoms with E-state index in [9.17, 15) is 0 Å². The zero-order valence-electron chi connectivity index (χ0n) is 20.8. The first kappa shape index (κ1) is 23.2. The highest BCUT2D eigenvalue weighted by molar-refractivity contribution is 5.46. The second-order valence-corrected chi connectivity index (χ2v) is 11.3. The van der Waals surface area contributed by atoms with Crippen LogP contribution in [0, 0.1) is 0 Å². The predicted octanol–water partition coefficient (Wildman–Crippen LogP) is 6.40. The first-order chi connectivity index (χ1) is 16.3. The third-order valence-electron chi connectivity index (χ3n) is 8.96. The van der Waals surface area contributed by atoms with Gasteiger partial charge >= 0.3 is 0 Å². The van der Waals surface area contributed by atoms with Crippen LogP contribution in [0.2, 0.25) is 0 Å². The van der Waals surface area contributed by atoms with Gasteiger partial charge in [0.1, 0.15) is 0 Å². The summed E-state index contributed by atoms with van der Waals surface area (Å²) in [6.45, 7) is 0. The molecule has 4 saturated carbocycles. The van der Waals surface area contributed by atoms with Gasteiger partial charge in [0.05, 0.1) is 0 Å². The molecule has 0 aliphatic heterocycles. The smallest absolute Gasteiger partial charge is 0.232 e. The molecule has 2 N–H and O–H groups in total. The van der Waals surface area contributed by atoms with Gasteiger partial charge in [-0.05, 0) is 51.4 Å². The molecule has 4 aliphatic carbocycles. The minimum absolute atomic E-state index is 0.420. The molecular weight excluding hydrogens is 408 g/mol. The van der Waals surface area contributed by atoms with E-state index < -0.39 is 0 Å². The normalized spacial score (nSPS) is 24.6. The van der Waals surface area contributed by atoms with E-state index in [1.165, 1.54) is 128 Å². The third kappa shape index (κ3) is 5.57. The van der Waals surface area contributed by atoms with Crippen LogP contribution in [0.1, 0.15) is 128 Å². The lowest BCUT2D eigenvalue weighted by molar-refractivity contribution is 0.330. The maximum atomic E-state index is 6.44. The van der Waals surface area contributed by atoms with Gasteiger partial charge in [-0.3, -0.25) is 0 Å². The molecule has 184 valence electrons. The van der Waals surface area contributed by atoms with Crippen molar-refractivity contribution in [3.8, 4) is 0 Å². The summed E-state index contributed by atoms with van der Waals surface area (Å²) in [6.07, 6.45) is 26.3. The van der Waals surface area contributed by atoms with E-state index in [4.69, 9.17) is 20.7 Å². The largest absolute Gasteiger partial charge is 0.368 e. The third-order valence-corrected chi connectivity index (χ3v) is 8.96. The van der Waals surface area contributed by atoms with Crippen molar-refractivity contribution >= 4 is 17.8 Å². The zero-order chi connectivity index (χ0) is 22.5. The average Bonchev–Trinajstić information content (AvgIpc) is 2.87. The number of nitrogens with two attached hydrogens (primary N) is 1. The lowest BCUT2D eigenvalue weighted by Gasteiger charge is -2.43. The summed E-state index contributed by atoms with van der Waals surface area (Å²) in [5, 5.41) is 0. The molecule has 0 radical (unpaired) electrons. The molecule has 0 saturated heterocycles. The molecule has 1 aromatic rings. The summed E-state index contributed by atoms with van der Waals surface area (Å²) >= 11 is 0. The summed E-state index contributed by atoms with van der Waals surface area (Å²) in [5.74, 6) is 2.18. The monoisotopic (exact) mass is 454 g/mol. The van der Waals surface area contributed by atoms with Crippen LogP contribution in [-0.2, 0) is 0 Å². The molecule has 0 aromatic carbocycles. The average molecular weight is 455 g/mol. The summed E-state index contributed by atoms with van der Waals surface area (Å²) in [6, 6.07) is 2.26. The van der Waals surface area contributed by atoms with E-state index in [0.717, 1.165) is 11.9 Å². The van der Waals surface area contributed by atoms with Crippen LogP contribution in [-0.4, -0.2) is 39.1 Å². The maximum absolute atomic E-state index is 6.44. The number of nitrogens with zero attached hydrogens (tertiary/aromatic N) is 5. The quantitative estimate of drug-likeness (QED) is 0.536. The molecule has 0 spiro atoms. The Labute approximate surface area is 201 Å². The molecule has 1 heterocycles. The van der Waals surface area contributed by atoms with E-state index in [-0.39, 0.29) is 0 Å². The summed E-state index contributed by atoms with van der Waals surface area (Å²) in [5.41, 5.74) is 6.44. The SMILES string of the molecule is Nc1nc(N(C2CCCCC2)C2CCCCC2)nc(N(C2CCCCC2)C2CCCCC2)n1. The Morgan fingerprint density at radius 2 is 0.697 bits per heavy atom. The number of aromatic nitrogens is 3. The summed E-state index contributed by atoms with van der Waals surface area (Å²) in [4.78, 5) is 20.2. The van der Waals surface area contributed by atoms with Gasteiger partial charge in [0.25, 0.3) is 0 Å². The Bertz CT molecular complexity index is 636. The first-order valence-corrected chi connectivity index (χ1v) is 14.4. The van der Waals surface area contributed by atoms with Crippen molar-refractivity contribution in [3.63, 3.8) is 0 Å². The lowest BCUT2D eigenvalue weighted by atomic mass is 9.88. The fraction of sp³-hybridized carbons (Fsp3) is 0.889. The number of hydrogen-bond acceptors (Lipinski definition) is 6. The van der Waals surface area contributed by atoms with Crippen molar-refractivity contribution < 1.29 is 0 Å². The minimum atomic E-state index is 0.420. The Morgan fingerprint density at radius 1 is 0.424 bits per heavy atom. The Kier molecular flexibility index (Phi) is 7.88. The van der Waals surface area contributed by atoms with Gasteiger partial charge in [0.15, 0.2) is 0 Å². The van der Waals surface area contributed by atoms with E-state index in [2.05, 4.69) is 9.80 Å². The molecular formula is C27H46N6. The van der Waals surface area contributed by atoms with Crippen LogP contribution < -0.4 is 15.5 Å². The maximum Gasteiger partial charge on any atom is 0.232 e. The van der Waals surface area contributed by atoms with Crippen LogP contribution in [0.5, 0.6) is 0 Å². The Hall–Kier alpha value is -1.59. The van der Waals surface area contributed by atoms with Crippen LogP contribution in [0.4, 0.5) is 17.8 Å². The predicted molar refractivity (Wildman–Crippen MR) is 137 cm³/mol. The van der Waals surface area contributed by atoms with Crippen LogP contribution in [0.15, 0.2) is 0 Å². The minimum Gasteiger partial charge on any atom is -0.368 e. The van der Waals surface area contributed by atoms with Gasteiger partial charge in [-0.2, -0.15) is 15.0 Å². The molecule has 33 heavy (non-hydrogen) atoms. The van der Waals surface area contributed by atoms with Crippen molar-refractivity contribution in [1.82, 2.24) is 15.0 Å². The highest BCUT2D eigenvalue weighted by Crippen LogP contribution is 2.36. The highest BCUT2D eigenvalue weighted by Gasteiger charge is 2.34. The van der Waals surface area contributed by atoms with Gasteiger partial charge < -0.3 is 15.5 Å². The molecule has 0 unspecified atom stereocenters. The topological polar surface area (TPSA) is 71.2 Å². The number of nitrogen functional groups attached to an aromatic ring is 1. The van der Waals surface area contributed by atoms with E-state index in [1.54, 1.807) is 0 Å². The van der Waals surface area contributed by atoms with Gasteiger partial charge in [0.2, 0.25) is 17.8 Å². The van der Waals surface area contributed by atoms with E-state index in [1.807, 2.05) is 0 Å². The molecule has 5 rings (SSSR count). The van der Waals surface area contributed by atoms with Crippen LogP contribution in [0.3, 0.4) is 0 Å². The zero-order valence-corrected chi connectivity index (χ0v) is 20.8. The number of rotatable bonds is 6. The van der Waals surface area contributed by atoms with Crippen LogP contribution in [0.25, 0.3) is 0 Å². The molecule has 6 nitrogen and oxygen atoms in total. The van der Waals surface area contributed by atoms with E-state index >= 15 is 0 Å². The highest BCUT2D eigenvalue weighted by atomic mass is 15.4. The molecule has 4 fully saturated rings. The van der Waals surface area contributed by atoms with Crippen molar-refractivity contribution in [2.45, 2.75) is 153 Å². The standard InChI is InChI=1S/C27H46N6/c28-25-29-26(32(21-13-5-1-6-14-21)22-15-7-2-8-16-22)31-27(30-25)33(23-17-9-3-10-18-23)24-19-11-4-12-20-24/h21-24H,1-20H2,(H2,28,29,30,31). The fourth-order valence-corrected chi connectivity index (χ4v) is 7.29. The number of anilines is 3. The Balaban J connectivity index is 1.49. The fourth-order valence-electron chi connectivity index (χ4n) is 7.29. The molecule has 6 heteroatoms. The first-order valence-electron chi connectivity index (χ1n) is 14.4. The second kappa shape index (κ2) is 11.2. The summed E-state index contributed by atoms with van der Waals surface area (Å²) < 4.78 is 0. The van der Waals surface area contributed by atoms with Gasteiger partial charge in [-0.25, -0.2) is 0 Å². The molecule has 0 amide bonds. The lowest BCUT2D eigenvalue weighted by Crippen LogP contribution is -2.48. The van der Waals surface area contributed by atoms with E-state index in [0.29, 0.717) is 30.1 Å². The van der Waals surface area contributed by atoms with Gasteiger partial charge in [-0.1, -0.05) is 77.0 Å². The summed E-state index contributed by atoms with van der Waals surface area (Å²) in [7, 11) is 0. The second-order valence-electron chi connectivity index (χ2n) is 11.3. The molecule has 0 bridgehead atoms. The van der Waals surface area contributed by atoms with Crippen LogP contribution >= 0.6 is 0 Å². The van der Waals surface area contributed by atoms with Crippen molar-refractivity contribution in [2.24, 2.45) is 0 Å². The molecule has 4 aliphatic rings. The van der Waals surface area contributed by atoms with Gasteiger partial charge in [-0.15, -0.1) is 0 Å². The van der Waals surface area contributed by atoms with Gasteiger partial charge in [0, 0.05) is 24.2 Å². The Morgan fingerprint density at radius 3 is 0.970 bits per heavy atom.